The molecule has 1 fully saturated rings. The van der Waals surface area contributed by atoms with E-state index in [9.17, 15) is 14.7 Å². The number of aliphatic hydroxyl groups excluding tert-OH is 1. The summed E-state index contributed by atoms with van der Waals surface area (Å²) in [6.45, 7) is 9.20. The maximum atomic E-state index is 13.3. The molecule has 1 aliphatic heterocycles. The molecule has 0 saturated carbocycles. The van der Waals surface area contributed by atoms with Crippen molar-refractivity contribution in [1.29, 1.82) is 0 Å². The Morgan fingerprint density at radius 2 is 1.84 bits per heavy atom. The second kappa shape index (κ2) is 11.3. The molecule has 2 aromatic carbocycles. The standard InChI is InChI=1S/C30H32N2O5/c1-5-36-24-11-8-22(9-12-24)27-26(29(34)30(35)32(27)17-21-7-6-14-31-16-21)28(33)23-10-13-25(20(4)15-23)37-18-19(2)3/h6-16,19,27,33H,5,17-18H2,1-4H3/t27-/m1/s1. The zero-order chi connectivity index (χ0) is 26.5. The van der Waals surface area contributed by atoms with Gasteiger partial charge in [0, 0.05) is 24.5 Å². The minimum Gasteiger partial charge on any atom is -0.507 e. The predicted octanol–water partition coefficient (Wildman–Crippen LogP) is 5.45. The monoisotopic (exact) mass is 500 g/mol. The van der Waals surface area contributed by atoms with Gasteiger partial charge < -0.3 is 19.5 Å². The highest BCUT2D eigenvalue weighted by molar-refractivity contribution is 6.46. The number of pyridine rings is 1. The molecule has 1 amide bonds. The van der Waals surface area contributed by atoms with Gasteiger partial charge in [-0.05, 0) is 72.9 Å². The summed E-state index contributed by atoms with van der Waals surface area (Å²) < 4.78 is 11.4. The summed E-state index contributed by atoms with van der Waals surface area (Å²) in [4.78, 5) is 32.2. The van der Waals surface area contributed by atoms with Crippen LogP contribution in [0.1, 0.15) is 49.1 Å². The van der Waals surface area contributed by atoms with Crippen molar-refractivity contribution < 1.29 is 24.2 Å². The SMILES string of the molecule is CCOc1ccc([C@@H]2C(=C(O)c3ccc(OCC(C)C)c(C)c3)C(=O)C(=O)N2Cc2cccnc2)cc1. The molecular weight excluding hydrogens is 468 g/mol. The first-order valence-corrected chi connectivity index (χ1v) is 12.4. The lowest BCUT2D eigenvalue weighted by atomic mass is 9.94. The van der Waals surface area contributed by atoms with Crippen molar-refractivity contribution in [3.63, 3.8) is 0 Å². The molecule has 0 radical (unpaired) electrons. The molecule has 0 bridgehead atoms. The molecule has 192 valence electrons. The Bertz CT molecular complexity index is 1300. The van der Waals surface area contributed by atoms with E-state index in [2.05, 4.69) is 18.8 Å². The number of hydrogen-bond donors (Lipinski definition) is 1. The number of amides is 1. The largest absolute Gasteiger partial charge is 0.507 e. The zero-order valence-electron chi connectivity index (χ0n) is 21.6. The number of Topliss-reactive ketones (excluding diaryl/α,β-unsaturated/α-hetero) is 1. The lowest BCUT2D eigenvalue weighted by Gasteiger charge is -2.25. The van der Waals surface area contributed by atoms with Gasteiger partial charge in [0.2, 0.25) is 0 Å². The lowest BCUT2D eigenvalue weighted by Crippen LogP contribution is -2.29. The van der Waals surface area contributed by atoms with Crippen molar-refractivity contribution >= 4 is 17.4 Å². The molecule has 7 heteroatoms. The van der Waals surface area contributed by atoms with Crippen LogP contribution < -0.4 is 9.47 Å². The lowest BCUT2D eigenvalue weighted by molar-refractivity contribution is -0.140. The maximum absolute atomic E-state index is 13.3. The average Bonchev–Trinajstić information content (AvgIpc) is 3.13. The highest BCUT2D eigenvalue weighted by Gasteiger charge is 2.46. The smallest absolute Gasteiger partial charge is 0.295 e. The number of aliphatic hydroxyl groups is 1. The Morgan fingerprint density at radius 3 is 2.46 bits per heavy atom. The van der Waals surface area contributed by atoms with Crippen LogP contribution in [0, 0.1) is 12.8 Å². The number of rotatable bonds is 9. The predicted molar refractivity (Wildman–Crippen MR) is 141 cm³/mol. The Balaban J connectivity index is 1.78. The third-order valence-corrected chi connectivity index (χ3v) is 6.14. The van der Waals surface area contributed by atoms with Gasteiger partial charge in [0.05, 0.1) is 24.8 Å². The Hall–Kier alpha value is -4.13. The van der Waals surface area contributed by atoms with Gasteiger partial charge >= 0.3 is 0 Å². The van der Waals surface area contributed by atoms with Crippen molar-refractivity contribution in [3.8, 4) is 11.5 Å². The summed E-state index contributed by atoms with van der Waals surface area (Å²) in [6.07, 6.45) is 3.31. The van der Waals surface area contributed by atoms with Crippen molar-refractivity contribution in [1.82, 2.24) is 9.88 Å². The van der Waals surface area contributed by atoms with E-state index < -0.39 is 17.7 Å². The fourth-order valence-corrected chi connectivity index (χ4v) is 4.36. The normalized spacial score (nSPS) is 16.9. The second-order valence-electron chi connectivity index (χ2n) is 9.48. The van der Waals surface area contributed by atoms with Gasteiger partial charge in [-0.1, -0.05) is 32.0 Å². The van der Waals surface area contributed by atoms with Crippen molar-refractivity contribution in [3.05, 3.63) is 94.8 Å². The number of likely N-dealkylation sites (tertiary alicyclic amines) is 1. The fourth-order valence-electron chi connectivity index (χ4n) is 4.36. The molecule has 1 aromatic heterocycles. The molecule has 0 unspecified atom stereocenters. The molecule has 1 N–H and O–H groups in total. The van der Waals surface area contributed by atoms with Crippen LogP contribution in [0.5, 0.6) is 11.5 Å². The third kappa shape index (κ3) is 5.66. The van der Waals surface area contributed by atoms with Crippen LogP contribution >= 0.6 is 0 Å². The first-order chi connectivity index (χ1) is 17.8. The molecule has 37 heavy (non-hydrogen) atoms. The number of ether oxygens (including phenoxy) is 2. The summed E-state index contributed by atoms with van der Waals surface area (Å²) in [7, 11) is 0. The number of benzene rings is 2. The molecule has 0 aliphatic carbocycles. The van der Waals surface area contributed by atoms with Gasteiger partial charge in [-0.15, -0.1) is 0 Å². The van der Waals surface area contributed by atoms with Crippen molar-refractivity contribution in [2.75, 3.05) is 13.2 Å². The van der Waals surface area contributed by atoms with Crippen molar-refractivity contribution in [2.24, 2.45) is 5.92 Å². The van der Waals surface area contributed by atoms with Gasteiger partial charge in [0.15, 0.2) is 0 Å². The molecule has 1 aliphatic rings. The van der Waals surface area contributed by atoms with E-state index in [4.69, 9.17) is 9.47 Å². The van der Waals surface area contributed by atoms with Crippen LogP contribution in [-0.2, 0) is 16.1 Å². The molecule has 1 atom stereocenters. The molecule has 1 saturated heterocycles. The number of ketones is 1. The topological polar surface area (TPSA) is 89.0 Å². The second-order valence-corrected chi connectivity index (χ2v) is 9.48. The Kier molecular flexibility index (Phi) is 7.92. The van der Waals surface area contributed by atoms with E-state index in [1.165, 1.54) is 4.90 Å². The Morgan fingerprint density at radius 1 is 1.08 bits per heavy atom. The van der Waals surface area contributed by atoms with Crippen LogP contribution in [0.25, 0.3) is 5.76 Å². The number of aryl methyl sites for hydroxylation is 1. The summed E-state index contributed by atoms with van der Waals surface area (Å²) in [5, 5.41) is 11.4. The van der Waals surface area contributed by atoms with Crippen LogP contribution in [0.4, 0.5) is 0 Å². The van der Waals surface area contributed by atoms with E-state index in [0.717, 1.165) is 11.1 Å². The number of aromatic nitrogens is 1. The minimum absolute atomic E-state index is 0.0494. The number of carbonyl (C=O) groups excluding carboxylic acids is 2. The fraction of sp³-hybridized carbons (Fsp3) is 0.300. The summed E-state index contributed by atoms with van der Waals surface area (Å²) >= 11 is 0. The summed E-state index contributed by atoms with van der Waals surface area (Å²) in [6, 6.07) is 15.4. The highest BCUT2D eigenvalue weighted by atomic mass is 16.5. The van der Waals surface area contributed by atoms with E-state index in [1.807, 2.05) is 32.0 Å². The van der Waals surface area contributed by atoms with Gasteiger partial charge in [-0.2, -0.15) is 0 Å². The summed E-state index contributed by atoms with van der Waals surface area (Å²) in [5.74, 6) is 0.159. The number of carbonyl (C=O) groups is 2. The van der Waals surface area contributed by atoms with Gasteiger partial charge in [0.1, 0.15) is 17.3 Å². The van der Waals surface area contributed by atoms with E-state index in [-0.39, 0.29) is 17.9 Å². The molecule has 7 nitrogen and oxygen atoms in total. The minimum atomic E-state index is -0.770. The van der Waals surface area contributed by atoms with E-state index in [0.29, 0.717) is 41.8 Å². The van der Waals surface area contributed by atoms with E-state index >= 15 is 0 Å². The zero-order valence-corrected chi connectivity index (χ0v) is 21.6. The Labute approximate surface area is 217 Å². The van der Waals surface area contributed by atoms with Crippen LogP contribution in [0.15, 0.2) is 72.6 Å². The summed E-state index contributed by atoms with van der Waals surface area (Å²) in [5.41, 5.74) is 2.80. The molecule has 4 rings (SSSR count). The maximum Gasteiger partial charge on any atom is 0.295 e. The number of nitrogens with zero attached hydrogens (tertiary/aromatic N) is 2. The van der Waals surface area contributed by atoms with Crippen LogP contribution in [0.3, 0.4) is 0 Å². The average molecular weight is 501 g/mol. The highest BCUT2D eigenvalue weighted by Crippen LogP contribution is 2.41. The molecular formula is C30H32N2O5. The molecule has 0 spiro atoms. The first-order valence-electron chi connectivity index (χ1n) is 12.4. The van der Waals surface area contributed by atoms with Gasteiger partial charge in [-0.25, -0.2) is 0 Å². The van der Waals surface area contributed by atoms with Crippen LogP contribution in [-0.4, -0.2) is 39.9 Å². The van der Waals surface area contributed by atoms with Gasteiger partial charge in [0.25, 0.3) is 11.7 Å². The number of hydrogen-bond acceptors (Lipinski definition) is 6. The quantitative estimate of drug-likeness (QED) is 0.239. The molecule has 2 heterocycles. The van der Waals surface area contributed by atoms with Crippen LogP contribution in [0.2, 0.25) is 0 Å². The van der Waals surface area contributed by atoms with Gasteiger partial charge in [-0.3, -0.25) is 14.6 Å². The van der Waals surface area contributed by atoms with E-state index in [1.54, 1.807) is 48.8 Å². The third-order valence-electron chi connectivity index (χ3n) is 6.14. The van der Waals surface area contributed by atoms with Crippen molar-refractivity contribution in [2.45, 2.75) is 40.3 Å². The molecule has 3 aromatic rings. The first kappa shape index (κ1) is 25.9.